The maximum absolute atomic E-state index is 13.3. The normalized spacial score (nSPS) is 16.1. The van der Waals surface area contributed by atoms with Crippen molar-refractivity contribution < 1.29 is 4.39 Å². The van der Waals surface area contributed by atoms with Crippen LogP contribution in [0.5, 0.6) is 0 Å². The van der Waals surface area contributed by atoms with E-state index in [-0.39, 0.29) is 29.8 Å². The summed E-state index contributed by atoms with van der Waals surface area (Å²) in [6.07, 6.45) is 2.32. The second kappa shape index (κ2) is 13.3. The van der Waals surface area contributed by atoms with Crippen molar-refractivity contribution in [1.29, 1.82) is 0 Å². The Labute approximate surface area is 181 Å². The molecule has 0 atom stereocenters. The average molecular weight is 491 g/mol. The molecule has 0 amide bonds. The summed E-state index contributed by atoms with van der Waals surface area (Å²) in [6, 6.07) is 6.72. The molecule has 0 saturated carbocycles. The van der Waals surface area contributed by atoms with Gasteiger partial charge in [0.1, 0.15) is 5.82 Å². The third kappa shape index (κ3) is 8.74. The predicted molar refractivity (Wildman–Crippen MR) is 122 cm³/mol. The molecule has 1 aliphatic heterocycles. The number of aliphatic imine (C=N–C) groups is 1. The Hall–Kier alpha value is -0.930. The second-order valence-corrected chi connectivity index (χ2v) is 6.94. The molecule has 1 fully saturated rings. The Bertz CT molecular complexity index is 561. The predicted octanol–water partition coefficient (Wildman–Crippen LogP) is 2.87. The number of guanidine groups is 1. The molecule has 0 unspecified atom stereocenters. The van der Waals surface area contributed by atoms with Crippen molar-refractivity contribution in [3.63, 3.8) is 0 Å². The molecule has 0 radical (unpaired) electrons. The monoisotopic (exact) mass is 491 g/mol. The standard InChI is InChI=1S/C20H34FN5.HI/c1-4-25-12-14-26(15-13-25)11-6-5-10-23-20(22-2)24(3)17-18-8-7-9-19(21)16-18;/h7-9,16H,4-6,10-15,17H2,1-3H3,(H,22,23);1H. The number of likely N-dealkylation sites (N-methyl/N-ethyl adjacent to an activating group) is 1. The molecule has 0 bridgehead atoms. The Morgan fingerprint density at radius 2 is 1.89 bits per heavy atom. The summed E-state index contributed by atoms with van der Waals surface area (Å²) in [5.74, 6) is 0.657. The Balaban J connectivity index is 0.00000364. The molecule has 7 heteroatoms. The summed E-state index contributed by atoms with van der Waals surface area (Å²) in [6.45, 7) is 10.9. The van der Waals surface area contributed by atoms with Crippen molar-refractivity contribution in [3.05, 3.63) is 35.6 Å². The molecule has 27 heavy (non-hydrogen) atoms. The van der Waals surface area contributed by atoms with Gasteiger partial charge in [-0.15, -0.1) is 24.0 Å². The first-order valence-corrected chi connectivity index (χ1v) is 9.73. The Morgan fingerprint density at radius 1 is 1.19 bits per heavy atom. The minimum atomic E-state index is -0.196. The van der Waals surface area contributed by atoms with E-state index in [1.165, 1.54) is 51.8 Å². The maximum atomic E-state index is 13.3. The van der Waals surface area contributed by atoms with E-state index in [4.69, 9.17) is 0 Å². The third-order valence-electron chi connectivity index (χ3n) is 4.98. The van der Waals surface area contributed by atoms with Crippen LogP contribution in [-0.4, -0.2) is 80.6 Å². The van der Waals surface area contributed by atoms with Crippen molar-refractivity contribution in [1.82, 2.24) is 20.0 Å². The summed E-state index contributed by atoms with van der Waals surface area (Å²) < 4.78 is 13.3. The first kappa shape index (κ1) is 24.1. The van der Waals surface area contributed by atoms with Crippen LogP contribution in [0.1, 0.15) is 25.3 Å². The quantitative estimate of drug-likeness (QED) is 0.263. The molecule has 1 aliphatic rings. The van der Waals surface area contributed by atoms with Gasteiger partial charge < -0.3 is 20.0 Å². The molecule has 1 aromatic rings. The van der Waals surface area contributed by atoms with E-state index in [2.05, 4.69) is 27.0 Å². The lowest BCUT2D eigenvalue weighted by molar-refractivity contribution is 0.136. The average Bonchev–Trinajstić information content (AvgIpc) is 2.65. The number of nitrogens with one attached hydrogen (secondary N) is 1. The van der Waals surface area contributed by atoms with Gasteiger partial charge in [0, 0.05) is 53.4 Å². The molecule has 2 rings (SSSR count). The number of hydrogen-bond donors (Lipinski definition) is 1. The van der Waals surface area contributed by atoms with E-state index in [0.717, 1.165) is 24.5 Å². The van der Waals surface area contributed by atoms with Gasteiger partial charge in [0.25, 0.3) is 0 Å². The number of halogens is 2. The molecular formula is C20H35FIN5. The van der Waals surface area contributed by atoms with Gasteiger partial charge in [0.15, 0.2) is 5.96 Å². The van der Waals surface area contributed by atoms with E-state index < -0.39 is 0 Å². The van der Waals surface area contributed by atoms with Crippen molar-refractivity contribution in [2.24, 2.45) is 4.99 Å². The van der Waals surface area contributed by atoms with Crippen LogP contribution in [0.25, 0.3) is 0 Å². The minimum Gasteiger partial charge on any atom is -0.356 e. The Kier molecular flexibility index (Phi) is 11.9. The highest BCUT2D eigenvalue weighted by Gasteiger charge is 2.14. The summed E-state index contributed by atoms with van der Waals surface area (Å²) in [5.41, 5.74) is 0.946. The van der Waals surface area contributed by atoms with Crippen LogP contribution in [0.15, 0.2) is 29.3 Å². The van der Waals surface area contributed by atoms with Gasteiger partial charge in [-0.05, 0) is 43.6 Å². The first-order valence-electron chi connectivity index (χ1n) is 9.73. The van der Waals surface area contributed by atoms with Crippen LogP contribution in [0.2, 0.25) is 0 Å². The van der Waals surface area contributed by atoms with E-state index in [1.54, 1.807) is 19.2 Å². The molecule has 154 valence electrons. The zero-order valence-electron chi connectivity index (χ0n) is 17.0. The van der Waals surface area contributed by atoms with Crippen LogP contribution in [0.3, 0.4) is 0 Å². The topological polar surface area (TPSA) is 34.1 Å². The molecule has 1 saturated heterocycles. The molecule has 5 nitrogen and oxygen atoms in total. The van der Waals surface area contributed by atoms with Crippen molar-refractivity contribution >= 4 is 29.9 Å². The van der Waals surface area contributed by atoms with Crippen LogP contribution < -0.4 is 5.32 Å². The van der Waals surface area contributed by atoms with Crippen LogP contribution in [-0.2, 0) is 6.54 Å². The van der Waals surface area contributed by atoms with Crippen molar-refractivity contribution in [3.8, 4) is 0 Å². The lowest BCUT2D eigenvalue weighted by atomic mass is 10.2. The van der Waals surface area contributed by atoms with Gasteiger partial charge in [-0.3, -0.25) is 4.99 Å². The number of rotatable bonds is 8. The van der Waals surface area contributed by atoms with Crippen LogP contribution in [0, 0.1) is 5.82 Å². The molecule has 1 N–H and O–H groups in total. The molecule has 0 aromatic heterocycles. The number of hydrogen-bond acceptors (Lipinski definition) is 3. The molecule has 1 heterocycles. The van der Waals surface area contributed by atoms with Gasteiger partial charge in [-0.2, -0.15) is 0 Å². The maximum Gasteiger partial charge on any atom is 0.193 e. The van der Waals surface area contributed by atoms with E-state index in [1.807, 2.05) is 18.0 Å². The summed E-state index contributed by atoms with van der Waals surface area (Å²) in [4.78, 5) is 11.4. The van der Waals surface area contributed by atoms with E-state index >= 15 is 0 Å². The van der Waals surface area contributed by atoms with Crippen molar-refractivity contribution in [2.45, 2.75) is 26.3 Å². The number of unbranched alkanes of at least 4 members (excludes halogenated alkanes) is 1. The fraction of sp³-hybridized carbons (Fsp3) is 0.650. The number of benzene rings is 1. The summed E-state index contributed by atoms with van der Waals surface area (Å²) in [7, 11) is 3.77. The lowest BCUT2D eigenvalue weighted by Crippen LogP contribution is -2.46. The zero-order valence-corrected chi connectivity index (χ0v) is 19.3. The van der Waals surface area contributed by atoms with Crippen molar-refractivity contribution in [2.75, 3.05) is 59.9 Å². The lowest BCUT2D eigenvalue weighted by Gasteiger charge is -2.34. The van der Waals surface area contributed by atoms with Gasteiger partial charge in [0.05, 0.1) is 0 Å². The largest absolute Gasteiger partial charge is 0.356 e. The van der Waals surface area contributed by atoms with Gasteiger partial charge in [-0.25, -0.2) is 4.39 Å². The van der Waals surface area contributed by atoms with Crippen LogP contribution >= 0.6 is 24.0 Å². The summed E-state index contributed by atoms with van der Waals surface area (Å²) >= 11 is 0. The molecule has 1 aromatic carbocycles. The number of piperazine rings is 1. The highest BCUT2D eigenvalue weighted by molar-refractivity contribution is 14.0. The molecular weight excluding hydrogens is 456 g/mol. The van der Waals surface area contributed by atoms with Gasteiger partial charge >= 0.3 is 0 Å². The molecule has 0 spiro atoms. The number of nitrogens with zero attached hydrogens (tertiary/aromatic N) is 4. The smallest absolute Gasteiger partial charge is 0.193 e. The Morgan fingerprint density at radius 3 is 2.52 bits per heavy atom. The van der Waals surface area contributed by atoms with Crippen LogP contribution in [0.4, 0.5) is 4.39 Å². The minimum absolute atomic E-state index is 0. The van der Waals surface area contributed by atoms with Gasteiger partial charge in [0.2, 0.25) is 0 Å². The highest BCUT2D eigenvalue weighted by Crippen LogP contribution is 2.07. The fourth-order valence-electron chi connectivity index (χ4n) is 3.36. The second-order valence-electron chi connectivity index (χ2n) is 6.94. The fourth-order valence-corrected chi connectivity index (χ4v) is 3.36. The SMILES string of the molecule is CCN1CCN(CCCCNC(=NC)N(C)Cc2cccc(F)c2)CC1.I. The van der Waals surface area contributed by atoms with E-state index in [0.29, 0.717) is 6.54 Å². The first-order chi connectivity index (χ1) is 12.6. The van der Waals surface area contributed by atoms with Gasteiger partial charge in [-0.1, -0.05) is 19.1 Å². The highest BCUT2D eigenvalue weighted by atomic mass is 127. The van der Waals surface area contributed by atoms with E-state index in [9.17, 15) is 4.39 Å². The summed E-state index contributed by atoms with van der Waals surface area (Å²) in [5, 5.41) is 3.41. The zero-order chi connectivity index (χ0) is 18.8. The third-order valence-corrected chi connectivity index (χ3v) is 4.98. The molecule has 0 aliphatic carbocycles.